The SMILES string of the molecule is CC(C)(C)OC(=O)N1CCC(N(C(=O)OC(C)(C)C)c2ccc(-c3cnc4c(c3)c(I)cn4C(=O)OC(C)(C)C)cc2)CC1. The molecule has 1 saturated heterocycles. The Kier molecular flexibility index (Phi) is 9.58. The lowest BCUT2D eigenvalue weighted by Gasteiger charge is -2.39. The summed E-state index contributed by atoms with van der Waals surface area (Å²) < 4.78 is 19.2. The second-order valence-corrected chi connectivity index (χ2v) is 15.2. The summed E-state index contributed by atoms with van der Waals surface area (Å²) >= 11 is 2.19. The van der Waals surface area contributed by atoms with Crippen LogP contribution in [0.5, 0.6) is 0 Å². The van der Waals surface area contributed by atoms with Crippen LogP contribution in [0.1, 0.15) is 75.2 Å². The first-order chi connectivity index (χ1) is 20.3. The summed E-state index contributed by atoms with van der Waals surface area (Å²) in [6.45, 7) is 17.5. The second-order valence-electron chi connectivity index (χ2n) is 14.0. The summed E-state index contributed by atoms with van der Waals surface area (Å²) in [5, 5.41) is 0.838. The van der Waals surface area contributed by atoms with Gasteiger partial charge in [0.1, 0.15) is 16.8 Å². The Hall–Kier alpha value is -3.35. The fraction of sp³-hybridized carbons (Fsp3) is 0.515. The van der Waals surface area contributed by atoms with Gasteiger partial charge in [0.05, 0.1) is 0 Å². The summed E-state index contributed by atoms with van der Waals surface area (Å²) in [5.41, 5.74) is 1.16. The van der Waals surface area contributed by atoms with Crippen LogP contribution in [0.4, 0.5) is 20.1 Å². The molecule has 0 saturated carbocycles. The number of nitrogens with zero attached hydrogens (tertiary/aromatic N) is 4. The van der Waals surface area contributed by atoms with Crippen molar-refractivity contribution in [2.45, 2.75) is 98.0 Å². The molecule has 3 aromatic rings. The van der Waals surface area contributed by atoms with Crippen molar-refractivity contribution in [2.24, 2.45) is 0 Å². The lowest BCUT2D eigenvalue weighted by Crippen LogP contribution is -2.51. The van der Waals surface area contributed by atoms with Crippen LogP contribution in [0.25, 0.3) is 22.2 Å². The van der Waals surface area contributed by atoms with Crippen molar-refractivity contribution in [1.82, 2.24) is 14.5 Å². The van der Waals surface area contributed by atoms with Crippen molar-refractivity contribution in [3.8, 4) is 11.1 Å². The highest BCUT2D eigenvalue weighted by Gasteiger charge is 2.34. The standard InChI is InChI=1S/C33H43IN4O6/c1-31(2,3)42-28(39)36-16-14-24(15-17-36)38(30(41)44-33(7,8)9)23-12-10-21(11-13-23)22-18-25-26(34)20-37(27(25)35-19-22)29(40)43-32(4,5)6/h10-13,18-20,24H,14-17H2,1-9H3. The molecular formula is C33H43IN4O6. The maximum atomic E-state index is 13.5. The van der Waals surface area contributed by atoms with E-state index in [0.717, 1.165) is 20.1 Å². The highest BCUT2D eigenvalue weighted by atomic mass is 127. The van der Waals surface area contributed by atoms with Gasteiger partial charge in [-0.3, -0.25) is 4.90 Å². The van der Waals surface area contributed by atoms with Gasteiger partial charge in [-0.1, -0.05) is 12.1 Å². The molecule has 2 aromatic heterocycles. The van der Waals surface area contributed by atoms with Crippen LogP contribution >= 0.6 is 22.6 Å². The molecule has 4 rings (SSSR count). The molecule has 0 atom stereocenters. The third-order valence-electron chi connectivity index (χ3n) is 6.74. The summed E-state index contributed by atoms with van der Waals surface area (Å²) in [4.78, 5) is 46.9. The maximum absolute atomic E-state index is 13.5. The molecule has 0 spiro atoms. The Labute approximate surface area is 273 Å². The van der Waals surface area contributed by atoms with Gasteiger partial charge in [-0.2, -0.15) is 0 Å². The van der Waals surface area contributed by atoms with Crippen molar-refractivity contribution >= 4 is 57.6 Å². The van der Waals surface area contributed by atoms with Crippen molar-refractivity contribution in [2.75, 3.05) is 18.0 Å². The van der Waals surface area contributed by atoms with E-state index in [1.807, 2.05) is 92.6 Å². The molecule has 0 N–H and O–H groups in total. The van der Waals surface area contributed by atoms with Crippen molar-refractivity contribution in [1.29, 1.82) is 0 Å². The zero-order valence-electron chi connectivity index (χ0n) is 27.1. The second kappa shape index (κ2) is 12.6. The third kappa shape index (κ3) is 8.42. The van der Waals surface area contributed by atoms with Gasteiger partial charge in [-0.15, -0.1) is 0 Å². The molecule has 0 aliphatic carbocycles. The van der Waals surface area contributed by atoms with Crippen LogP contribution in [-0.4, -0.2) is 68.7 Å². The molecule has 11 heteroatoms. The molecule has 0 bridgehead atoms. The first-order valence-corrected chi connectivity index (χ1v) is 15.9. The molecule has 1 fully saturated rings. The third-order valence-corrected chi connectivity index (χ3v) is 7.59. The molecule has 10 nitrogen and oxygen atoms in total. The number of hydrogen-bond donors (Lipinski definition) is 0. The number of amides is 2. The van der Waals surface area contributed by atoms with Crippen LogP contribution in [0.2, 0.25) is 0 Å². The van der Waals surface area contributed by atoms with E-state index in [1.54, 1.807) is 22.2 Å². The summed E-state index contributed by atoms with van der Waals surface area (Å²) in [7, 11) is 0. The van der Waals surface area contributed by atoms with E-state index in [4.69, 9.17) is 14.2 Å². The number of likely N-dealkylation sites (tertiary alicyclic amines) is 1. The topological polar surface area (TPSA) is 103 Å². The number of carbonyl (C=O) groups excluding carboxylic acids is 3. The molecule has 238 valence electrons. The van der Waals surface area contributed by atoms with Gasteiger partial charge in [-0.25, -0.2) is 23.9 Å². The Morgan fingerprint density at radius 2 is 1.36 bits per heavy atom. The number of anilines is 1. The van der Waals surface area contributed by atoms with Crippen LogP contribution in [-0.2, 0) is 14.2 Å². The quantitative estimate of drug-likeness (QED) is 0.199. The largest absolute Gasteiger partial charge is 0.444 e. The normalized spacial score (nSPS) is 14.8. The fourth-order valence-electron chi connectivity index (χ4n) is 4.90. The van der Waals surface area contributed by atoms with Crippen molar-refractivity contribution in [3.05, 3.63) is 46.3 Å². The number of rotatable bonds is 3. The maximum Gasteiger partial charge on any atom is 0.420 e. The van der Waals surface area contributed by atoms with Gasteiger partial charge in [-0.05, 0) is 122 Å². The monoisotopic (exact) mass is 718 g/mol. The van der Waals surface area contributed by atoms with E-state index in [2.05, 4.69) is 27.6 Å². The molecule has 3 heterocycles. The van der Waals surface area contributed by atoms with Crippen molar-refractivity contribution < 1.29 is 28.6 Å². The smallest absolute Gasteiger partial charge is 0.420 e. The fourth-order valence-corrected chi connectivity index (χ4v) is 5.58. The van der Waals surface area contributed by atoms with Gasteiger partial charge in [0, 0.05) is 51.7 Å². The molecule has 1 aliphatic heterocycles. The first-order valence-electron chi connectivity index (χ1n) is 14.8. The lowest BCUT2D eigenvalue weighted by atomic mass is 10.0. The highest BCUT2D eigenvalue weighted by Crippen LogP contribution is 2.32. The number of fused-ring (bicyclic) bond motifs is 1. The Bertz CT molecular complexity index is 1520. The number of aromatic nitrogens is 2. The van der Waals surface area contributed by atoms with E-state index in [-0.39, 0.29) is 12.1 Å². The summed E-state index contributed by atoms with van der Waals surface area (Å²) in [5.74, 6) is 0. The predicted molar refractivity (Wildman–Crippen MR) is 179 cm³/mol. The molecule has 1 aliphatic rings. The highest BCUT2D eigenvalue weighted by molar-refractivity contribution is 14.1. The molecule has 0 unspecified atom stereocenters. The van der Waals surface area contributed by atoms with Crippen LogP contribution in [0.3, 0.4) is 0 Å². The van der Waals surface area contributed by atoms with E-state index in [9.17, 15) is 14.4 Å². The number of benzene rings is 1. The average Bonchev–Trinajstić information content (AvgIpc) is 3.22. The van der Waals surface area contributed by atoms with E-state index in [1.165, 1.54) is 4.57 Å². The summed E-state index contributed by atoms with van der Waals surface area (Å²) in [6.07, 6.45) is 3.39. The lowest BCUT2D eigenvalue weighted by molar-refractivity contribution is 0.0200. The molecular weight excluding hydrogens is 675 g/mol. The van der Waals surface area contributed by atoms with Gasteiger partial charge >= 0.3 is 18.3 Å². The zero-order valence-corrected chi connectivity index (χ0v) is 29.2. The van der Waals surface area contributed by atoms with E-state index >= 15 is 0 Å². The van der Waals surface area contributed by atoms with Gasteiger partial charge in [0.2, 0.25) is 0 Å². The number of carbonyl (C=O) groups is 3. The molecule has 1 aromatic carbocycles. The van der Waals surface area contributed by atoms with E-state index in [0.29, 0.717) is 37.3 Å². The zero-order chi connectivity index (χ0) is 32.6. The van der Waals surface area contributed by atoms with Gasteiger partial charge < -0.3 is 19.1 Å². The van der Waals surface area contributed by atoms with Gasteiger partial charge in [0.25, 0.3) is 0 Å². The Morgan fingerprint density at radius 1 is 0.818 bits per heavy atom. The number of hydrogen-bond acceptors (Lipinski definition) is 7. The van der Waals surface area contributed by atoms with E-state index < -0.39 is 29.0 Å². The molecule has 0 radical (unpaired) electrons. The Balaban J connectivity index is 1.57. The average molecular weight is 719 g/mol. The Morgan fingerprint density at radius 3 is 1.91 bits per heavy atom. The minimum atomic E-state index is -0.666. The number of halogens is 1. The minimum Gasteiger partial charge on any atom is -0.444 e. The first kappa shape index (κ1) is 33.5. The number of piperidine rings is 1. The van der Waals surface area contributed by atoms with Gasteiger partial charge in [0.15, 0.2) is 5.65 Å². The minimum absolute atomic E-state index is 0.151. The predicted octanol–water partition coefficient (Wildman–Crippen LogP) is 8.23. The van der Waals surface area contributed by atoms with Crippen LogP contribution in [0.15, 0.2) is 42.7 Å². The number of pyridine rings is 1. The molecule has 44 heavy (non-hydrogen) atoms. The van der Waals surface area contributed by atoms with Crippen LogP contribution in [0, 0.1) is 3.57 Å². The number of ether oxygens (including phenoxy) is 3. The summed E-state index contributed by atoms with van der Waals surface area (Å²) in [6, 6.07) is 9.55. The van der Waals surface area contributed by atoms with Crippen molar-refractivity contribution in [3.63, 3.8) is 0 Å². The molecule has 2 amide bonds. The van der Waals surface area contributed by atoms with Crippen LogP contribution < -0.4 is 4.90 Å².